The van der Waals surface area contributed by atoms with Gasteiger partial charge in [-0.25, -0.2) is 4.98 Å². The molecule has 24 heavy (non-hydrogen) atoms. The molecule has 0 aromatic carbocycles. The molecule has 5 heteroatoms. The van der Waals surface area contributed by atoms with Crippen LogP contribution in [-0.4, -0.2) is 38.4 Å². The number of carbonyl (C=O) groups is 1. The summed E-state index contributed by atoms with van der Waals surface area (Å²) in [6.07, 6.45) is 5.60. The molecule has 1 saturated heterocycles. The van der Waals surface area contributed by atoms with Gasteiger partial charge in [0.15, 0.2) is 0 Å². The van der Waals surface area contributed by atoms with E-state index in [1.807, 2.05) is 24.1 Å². The van der Waals surface area contributed by atoms with Crippen LogP contribution < -0.4 is 0 Å². The molecule has 0 spiro atoms. The first kappa shape index (κ1) is 16.9. The van der Waals surface area contributed by atoms with Crippen LogP contribution >= 0.6 is 0 Å². The molecule has 3 rings (SSSR count). The number of hydrogen-bond acceptors (Lipinski definition) is 3. The SMILES string of the molecule is CC[C@@H](C)C(=O)N1CC[C@H](c2nc3ccncc3n2CC(C)C)C1. The summed E-state index contributed by atoms with van der Waals surface area (Å²) < 4.78 is 2.31. The van der Waals surface area contributed by atoms with E-state index in [2.05, 4.69) is 30.3 Å². The maximum Gasteiger partial charge on any atom is 0.225 e. The van der Waals surface area contributed by atoms with Crippen molar-refractivity contribution in [3.63, 3.8) is 0 Å². The van der Waals surface area contributed by atoms with Crippen LogP contribution in [0, 0.1) is 11.8 Å². The van der Waals surface area contributed by atoms with Crippen molar-refractivity contribution in [2.24, 2.45) is 11.8 Å². The molecule has 2 aromatic heterocycles. The van der Waals surface area contributed by atoms with Crippen LogP contribution in [0.4, 0.5) is 0 Å². The molecule has 0 N–H and O–H groups in total. The number of carbonyl (C=O) groups excluding carboxylic acids is 1. The van der Waals surface area contributed by atoms with Crippen molar-refractivity contribution in [1.82, 2.24) is 19.4 Å². The van der Waals surface area contributed by atoms with E-state index in [0.717, 1.165) is 49.3 Å². The lowest BCUT2D eigenvalue weighted by atomic mass is 10.1. The van der Waals surface area contributed by atoms with Gasteiger partial charge in [0.2, 0.25) is 5.91 Å². The van der Waals surface area contributed by atoms with E-state index < -0.39 is 0 Å². The monoisotopic (exact) mass is 328 g/mol. The second kappa shape index (κ2) is 6.91. The van der Waals surface area contributed by atoms with Gasteiger partial charge < -0.3 is 9.47 Å². The van der Waals surface area contributed by atoms with Gasteiger partial charge >= 0.3 is 0 Å². The lowest BCUT2D eigenvalue weighted by Gasteiger charge is -2.20. The Labute approximate surface area is 144 Å². The van der Waals surface area contributed by atoms with Crippen molar-refractivity contribution >= 4 is 16.9 Å². The second-order valence-electron chi connectivity index (χ2n) is 7.42. The minimum Gasteiger partial charge on any atom is -0.342 e. The number of fused-ring (bicyclic) bond motifs is 1. The van der Waals surface area contributed by atoms with Crippen molar-refractivity contribution in [2.75, 3.05) is 13.1 Å². The first-order valence-corrected chi connectivity index (χ1v) is 9.10. The first-order valence-electron chi connectivity index (χ1n) is 9.10. The molecule has 130 valence electrons. The Morgan fingerprint density at radius 3 is 2.88 bits per heavy atom. The van der Waals surface area contributed by atoms with Crippen LogP contribution in [0.2, 0.25) is 0 Å². The molecule has 1 amide bonds. The highest BCUT2D eigenvalue weighted by Gasteiger charge is 2.32. The van der Waals surface area contributed by atoms with Crippen LogP contribution in [0.3, 0.4) is 0 Å². The highest BCUT2D eigenvalue weighted by molar-refractivity contribution is 5.79. The topological polar surface area (TPSA) is 51.0 Å². The lowest BCUT2D eigenvalue weighted by Crippen LogP contribution is -2.33. The summed E-state index contributed by atoms with van der Waals surface area (Å²) in [5.41, 5.74) is 2.11. The largest absolute Gasteiger partial charge is 0.342 e. The van der Waals surface area contributed by atoms with Crippen molar-refractivity contribution in [3.05, 3.63) is 24.3 Å². The summed E-state index contributed by atoms with van der Waals surface area (Å²) in [6, 6.07) is 1.98. The van der Waals surface area contributed by atoms with Gasteiger partial charge in [0, 0.05) is 37.7 Å². The van der Waals surface area contributed by atoms with Crippen molar-refractivity contribution < 1.29 is 4.79 Å². The molecule has 1 aliphatic rings. The van der Waals surface area contributed by atoms with Crippen molar-refractivity contribution in [2.45, 2.75) is 53.0 Å². The van der Waals surface area contributed by atoms with E-state index >= 15 is 0 Å². The molecule has 0 aliphatic carbocycles. The van der Waals surface area contributed by atoms with Gasteiger partial charge in [-0.2, -0.15) is 0 Å². The van der Waals surface area contributed by atoms with E-state index in [9.17, 15) is 4.79 Å². The van der Waals surface area contributed by atoms with Gasteiger partial charge in [-0.05, 0) is 24.8 Å². The van der Waals surface area contributed by atoms with Gasteiger partial charge in [0.25, 0.3) is 0 Å². The quantitative estimate of drug-likeness (QED) is 0.845. The molecular formula is C19H28N4O. The van der Waals surface area contributed by atoms with Gasteiger partial charge in [-0.3, -0.25) is 9.78 Å². The minimum atomic E-state index is 0.113. The van der Waals surface area contributed by atoms with Crippen molar-refractivity contribution in [1.29, 1.82) is 0 Å². The number of aromatic nitrogens is 3. The number of imidazole rings is 1. The standard InChI is InChI=1S/C19H28N4O/c1-5-14(4)19(24)22-9-7-15(12-22)18-21-16-6-8-20-10-17(16)23(18)11-13(2)3/h6,8,10,13-15H,5,7,9,11-12H2,1-4H3/t14-,15+/m1/s1. The third-order valence-corrected chi connectivity index (χ3v) is 5.03. The average Bonchev–Trinajstić information content (AvgIpc) is 3.18. The molecule has 1 fully saturated rings. The van der Waals surface area contributed by atoms with Crippen LogP contribution in [0.1, 0.15) is 52.3 Å². The zero-order chi connectivity index (χ0) is 17.3. The number of amides is 1. The molecule has 0 unspecified atom stereocenters. The predicted molar refractivity (Wildman–Crippen MR) is 95.8 cm³/mol. The fraction of sp³-hybridized carbons (Fsp3) is 0.632. The summed E-state index contributed by atoms with van der Waals surface area (Å²) in [7, 11) is 0. The third kappa shape index (κ3) is 3.17. The molecule has 0 saturated carbocycles. The molecule has 5 nitrogen and oxygen atoms in total. The van der Waals surface area contributed by atoms with Gasteiger partial charge in [-0.15, -0.1) is 0 Å². The predicted octanol–water partition coefficient (Wildman–Crippen LogP) is 3.45. The Balaban J connectivity index is 1.88. The summed E-state index contributed by atoms with van der Waals surface area (Å²) in [5.74, 6) is 2.38. The van der Waals surface area contributed by atoms with E-state index in [1.165, 1.54) is 0 Å². The summed E-state index contributed by atoms with van der Waals surface area (Å²) >= 11 is 0. The maximum atomic E-state index is 12.5. The Morgan fingerprint density at radius 2 is 2.17 bits per heavy atom. The van der Waals surface area contributed by atoms with E-state index in [4.69, 9.17) is 4.98 Å². The Morgan fingerprint density at radius 1 is 1.38 bits per heavy atom. The first-order chi connectivity index (χ1) is 11.5. The van der Waals surface area contributed by atoms with Crippen molar-refractivity contribution in [3.8, 4) is 0 Å². The highest BCUT2D eigenvalue weighted by Crippen LogP contribution is 2.30. The minimum absolute atomic E-state index is 0.113. The molecule has 2 atom stereocenters. The Bertz CT molecular complexity index is 721. The fourth-order valence-corrected chi connectivity index (χ4v) is 3.51. The number of likely N-dealkylation sites (tertiary alicyclic amines) is 1. The Hall–Kier alpha value is -1.91. The van der Waals surface area contributed by atoms with Gasteiger partial charge in [-0.1, -0.05) is 27.7 Å². The van der Waals surface area contributed by atoms with Gasteiger partial charge in [0.05, 0.1) is 17.2 Å². The lowest BCUT2D eigenvalue weighted by molar-refractivity contribution is -0.134. The smallest absolute Gasteiger partial charge is 0.225 e. The van der Waals surface area contributed by atoms with Crippen LogP contribution in [-0.2, 0) is 11.3 Å². The molecule has 2 aromatic rings. The zero-order valence-electron chi connectivity index (χ0n) is 15.2. The van der Waals surface area contributed by atoms with E-state index in [-0.39, 0.29) is 11.8 Å². The zero-order valence-corrected chi connectivity index (χ0v) is 15.2. The number of pyridine rings is 1. The van der Waals surface area contributed by atoms with E-state index in [1.54, 1.807) is 6.20 Å². The highest BCUT2D eigenvalue weighted by atomic mass is 16.2. The number of nitrogens with zero attached hydrogens (tertiary/aromatic N) is 4. The number of hydrogen-bond donors (Lipinski definition) is 0. The third-order valence-electron chi connectivity index (χ3n) is 5.03. The second-order valence-corrected chi connectivity index (χ2v) is 7.42. The molecule has 3 heterocycles. The van der Waals surface area contributed by atoms with Crippen LogP contribution in [0.5, 0.6) is 0 Å². The summed E-state index contributed by atoms with van der Waals surface area (Å²) in [5, 5.41) is 0. The van der Waals surface area contributed by atoms with Gasteiger partial charge in [0.1, 0.15) is 5.82 Å². The number of rotatable bonds is 5. The fourth-order valence-electron chi connectivity index (χ4n) is 3.51. The molecule has 1 aliphatic heterocycles. The Kier molecular flexibility index (Phi) is 4.88. The normalized spacial score (nSPS) is 19.4. The molecule has 0 radical (unpaired) electrons. The van der Waals surface area contributed by atoms with Crippen LogP contribution in [0.25, 0.3) is 11.0 Å². The van der Waals surface area contributed by atoms with Crippen LogP contribution in [0.15, 0.2) is 18.5 Å². The summed E-state index contributed by atoms with van der Waals surface area (Å²) in [6.45, 7) is 11.1. The molecule has 0 bridgehead atoms. The van der Waals surface area contributed by atoms with E-state index in [0.29, 0.717) is 11.8 Å². The average molecular weight is 328 g/mol. The molecular weight excluding hydrogens is 300 g/mol. The summed E-state index contributed by atoms with van der Waals surface area (Å²) in [4.78, 5) is 23.7. The maximum absolute atomic E-state index is 12.5.